The molecule has 0 radical (unpaired) electrons. The highest BCUT2D eigenvalue weighted by molar-refractivity contribution is 6.00. The first-order valence-electron chi connectivity index (χ1n) is 10.1. The molecule has 1 aromatic heterocycles. The van der Waals surface area contributed by atoms with Crippen molar-refractivity contribution >= 4 is 5.91 Å². The van der Waals surface area contributed by atoms with E-state index in [4.69, 9.17) is 4.42 Å². The van der Waals surface area contributed by atoms with Crippen molar-refractivity contribution in [2.45, 2.75) is 32.9 Å². The van der Waals surface area contributed by atoms with Crippen molar-refractivity contribution in [3.05, 3.63) is 47.7 Å². The van der Waals surface area contributed by atoms with Crippen LogP contribution in [0, 0.1) is 5.92 Å². The number of carbonyl (C=O) groups excluding carboxylic acids is 1. The second kappa shape index (κ2) is 7.87. The lowest BCUT2D eigenvalue weighted by Crippen LogP contribution is -2.39. The Hall–Kier alpha value is -2.11. The highest BCUT2D eigenvalue weighted by Crippen LogP contribution is 2.33. The summed E-state index contributed by atoms with van der Waals surface area (Å²) in [5, 5.41) is 3.43. The molecule has 1 N–H and O–H groups in total. The Morgan fingerprint density at radius 3 is 2.74 bits per heavy atom. The number of rotatable bonds is 6. The van der Waals surface area contributed by atoms with E-state index in [1.54, 1.807) is 0 Å². The maximum atomic E-state index is 13.4. The summed E-state index contributed by atoms with van der Waals surface area (Å²) in [5.74, 6) is 2.27. The summed E-state index contributed by atoms with van der Waals surface area (Å²) in [4.78, 5) is 17.8. The van der Waals surface area contributed by atoms with Crippen LogP contribution in [0.25, 0.3) is 11.3 Å². The lowest BCUT2D eigenvalue weighted by atomic mass is 10.0. The van der Waals surface area contributed by atoms with Gasteiger partial charge in [0.05, 0.1) is 12.1 Å². The second-order valence-electron chi connectivity index (χ2n) is 7.56. The number of hydrogen-bond acceptors (Lipinski definition) is 4. The van der Waals surface area contributed by atoms with Gasteiger partial charge >= 0.3 is 0 Å². The number of hydrogen-bond donors (Lipinski definition) is 1. The predicted molar refractivity (Wildman–Crippen MR) is 107 cm³/mol. The summed E-state index contributed by atoms with van der Waals surface area (Å²) in [5.41, 5.74) is 1.67. The molecule has 0 bridgehead atoms. The predicted octanol–water partition coefficient (Wildman–Crippen LogP) is 3.22. The molecule has 27 heavy (non-hydrogen) atoms. The van der Waals surface area contributed by atoms with Crippen molar-refractivity contribution in [1.29, 1.82) is 0 Å². The normalized spacial score (nSPS) is 21.8. The summed E-state index contributed by atoms with van der Waals surface area (Å²) in [7, 11) is 0. The lowest BCUT2D eigenvalue weighted by molar-refractivity contribution is 0.0737. The third-order valence-corrected chi connectivity index (χ3v) is 6.03. The van der Waals surface area contributed by atoms with Gasteiger partial charge in [-0.25, -0.2) is 0 Å². The highest BCUT2D eigenvalue weighted by Gasteiger charge is 2.41. The van der Waals surface area contributed by atoms with E-state index in [0.29, 0.717) is 23.3 Å². The molecule has 1 amide bonds. The molecule has 144 valence electrons. The van der Waals surface area contributed by atoms with E-state index in [1.165, 1.54) is 0 Å². The largest absolute Gasteiger partial charge is 0.459 e. The molecule has 0 saturated carbocycles. The molecular formula is C22H29N3O2. The zero-order valence-electron chi connectivity index (χ0n) is 16.3. The summed E-state index contributed by atoms with van der Waals surface area (Å²) in [6.07, 6.45) is 1.09. The number of benzene rings is 1. The molecule has 2 fully saturated rings. The monoisotopic (exact) mass is 367 g/mol. The van der Waals surface area contributed by atoms with E-state index in [2.05, 4.69) is 29.0 Å². The molecule has 4 rings (SSSR count). The van der Waals surface area contributed by atoms with Crippen LogP contribution in [-0.2, 0) is 6.54 Å². The van der Waals surface area contributed by atoms with Crippen molar-refractivity contribution in [3.63, 3.8) is 0 Å². The smallest absolute Gasteiger partial charge is 0.258 e. The highest BCUT2D eigenvalue weighted by atomic mass is 16.3. The van der Waals surface area contributed by atoms with Gasteiger partial charge in [-0.2, -0.15) is 0 Å². The number of likely N-dealkylation sites (tertiary alicyclic amines) is 1. The van der Waals surface area contributed by atoms with Gasteiger partial charge in [0.25, 0.3) is 5.91 Å². The number of nitrogens with zero attached hydrogens (tertiary/aromatic N) is 2. The minimum Gasteiger partial charge on any atom is -0.459 e. The fourth-order valence-corrected chi connectivity index (χ4v) is 4.41. The molecule has 5 heteroatoms. The van der Waals surface area contributed by atoms with E-state index in [0.717, 1.165) is 57.0 Å². The Morgan fingerprint density at radius 1 is 1.22 bits per heavy atom. The average molecular weight is 367 g/mol. The Balaban J connectivity index is 1.67. The van der Waals surface area contributed by atoms with Crippen molar-refractivity contribution < 1.29 is 9.21 Å². The van der Waals surface area contributed by atoms with E-state index in [1.807, 2.05) is 36.4 Å². The van der Waals surface area contributed by atoms with Crippen LogP contribution in [0.4, 0.5) is 0 Å². The Morgan fingerprint density at radius 2 is 2.00 bits per heavy atom. The summed E-state index contributed by atoms with van der Waals surface area (Å²) in [6, 6.07) is 12.3. The SMILES string of the molecule is CCN(CC)Cc1cc(C(=O)N2CCC3CNCC32)c(-c2ccccc2)o1. The topological polar surface area (TPSA) is 48.7 Å². The van der Waals surface area contributed by atoms with Crippen LogP contribution in [0.2, 0.25) is 0 Å². The number of nitrogens with one attached hydrogen (secondary N) is 1. The molecule has 5 nitrogen and oxygen atoms in total. The van der Waals surface area contributed by atoms with Crippen molar-refractivity contribution in [2.24, 2.45) is 5.92 Å². The van der Waals surface area contributed by atoms with Crippen LogP contribution in [0.5, 0.6) is 0 Å². The second-order valence-corrected chi connectivity index (χ2v) is 7.56. The molecule has 0 spiro atoms. The molecular weight excluding hydrogens is 338 g/mol. The van der Waals surface area contributed by atoms with Crippen LogP contribution in [0.15, 0.2) is 40.8 Å². The first kappa shape index (κ1) is 18.3. The molecule has 2 aromatic rings. The minimum absolute atomic E-state index is 0.111. The average Bonchev–Trinajstić information content (AvgIpc) is 3.41. The van der Waals surface area contributed by atoms with Crippen LogP contribution in [0.1, 0.15) is 36.4 Å². The van der Waals surface area contributed by atoms with E-state index < -0.39 is 0 Å². The van der Waals surface area contributed by atoms with Gasteiger partial charge in [-0.05, 0) is 31.5 Å². The maximum Gasteiger partial charge on any atom is 0.258 e. The van der Waals surface area contributed by atoms with E-state index in [9.17, 15) is 4.79 Å². The molecule has 2 aliphatic rings. The van der Waals surface area contributed by atoms with Crippen molar-refractivity contribution in [1.82, 2.24) is 15.1 Å². The maximum absolute atomic E-state index is 13.4. The molecule has 2 saturated heterocycles. The summed E-state index contributed by atoms with van der Waals surface area (Å²) < 4.78 is 6.22. The first-order chi connectivity index (χ1) is 13.2. The molecule has 2 unspecified atom stereocenters. The molecule has 0 aliphatic carbocycles. The number of fused-ring (bicyclic) bond motifs is 1. The van der Waals surface area contributed by atoms with Gasteiger partial charge in [-0.1, -0.05) is 44.2 Å². The van der Waals surface area contributed by atoms with Gasteiger partial charge in [0.1, 0.15) is 11.5 Å². The Labute approximate surface area is 161 Å². The van der Waals surface area contributed by atoms with Crippen molar-refractivity contribution in [2.75, 3.05) is 32.7 Å². The zero-order valence-corrected chi connectivity index (χ0v) is 16.3. The van der Waals surface area contributed by atoms with Crippen LogP contribution < -0.4 is 5.32 Å². The van der Waals surface area contributed by atoms with Gasteiger partial charge in [0.2, 0.25) is 0 Å². The lowest BCUT2D eigenvalue weighted by Gasteiger charge is -2.23. The fourth-order valence-electron chi connectivity index (χ4n) is 4.41. The molecule has 3 heterocycles. The van der Waals surface area contributed by atoms with Gasteiger partial charge in [-0.15, -0.1) is 0 Å². The van der Waals surface area contributed by atoms with Crippen LogP contribution in [0.3, 0.4) is 0 Å². The third-order valence-electron chi connectivity index (χ3n) is 6.03. The fraction of sp³-hybridized carbons (Fsp3) is 0.500. The van der Waals surface area contributed by atoms with Crippen LogP contribution >= 0.6 is 0 Å². The quantitative estimate of drug-likeness (QED) is 0.852. The first-order valence-corrected chi connectivity index (χ1v) is 10.1. The Kier molecular flexibility index (Phi) is 5.32. The number of furan rings is 1. The van der Waals surface area contributed by atoms with E-state index in [-0.39, 0.29) is 5.91 Å². The van der Waals surface area contributed by atoms with E-state index >= 15 is 0 Å². The van der Waals surface area contributed by atoms with Crippen LogP contribution in [-0.4, -0.2) is 54.5 Å². The molecule has 2 atom stereocenters. The number of carbonyl (C=O) groups is 1. The summed E-state index contributed by atoms with van der Waals surface area (Å²) in [6.45, 7) is 9.72. The number of amides is 1. The van der Waals surface area contributed by atoms with Gasteiger partial charge < -0.3 is 14.6 Å². The van der Waals surface area contributed by atoms with Crippen molar-refractivity contribution in [3.8, 4) is 11.3 Å². The third kappa shape index (κ3) is 3.54. The molecule has 2 aliphatic heterocycles. The van der Waals surface area contributed by atoms with Gasteiger partial charge in [-0.3, -0.25) is 9.69 Å². The Bertz CT molecular complexity index is 782. The van der Waals surface area contributed by atoms with Gasteiger partial charge in [0, 0.05) is 31.2 Å². The summed E-state index contributed by atoms with van der Waals surface area (Å²) >= 11 is 0. The van der Waals surface area contributed by atoms with Gasteiger partial charge in [0.15, 0.2) is 0 Å². The minimum atomic E-state index is 0.111. The standard InChI is InChI=1S/C22H29N3O2/c1-3-24(4-2)15-18-12-19(21(27-18)16-8-6-5-7-9-16)22(26)25-11-10-17-13-23-14-20(17)25/h5-9,12,17,20,23H,3-4,10-11,13-15H2,1-2H3. The zero-order chi connectivity index (χ0) is 18.8. The molecule has 1 aromatic carbocycles.